The van der Waals surface area contributed by atoms with Gasteiger partial charge in [0.05, 0.1) is 29.3 Å². The van der Waals surface area contributed by atoms with Gasteiger partial charge in [-0.05, 0) is 48.7 Å². The summed E-state index contributed by atoms with van der Waals surface area (Å²) < 4.78 is 5.24. The SMILES string of the molecule is CCC(CC)NCc1cnc2ccc(C#N)cc2c1NCc1ccc(OC)c(Cl)c1. The molecule has 0 saturated carbocycles. The lowest BCUT2D eigenvalue weighted by atomic mass is 10.1. The Morgan fingerprint density at radius 1 is 1.13 bits per heavy atom. The largest absolute Gasteiger partial charge is 0.495 e. The molecule has 0 fully saturated rings. The second-order valence-electron chi connectivity index (χ2n) is 7.22. The van der Waals surface area contributed by atoms with Gasteiger partial charge in [0.15, 0.2) is 0 Å². The molecule has 0 aliphatic rings. The number of aromatic nitrogens is 1. The van der Waals surface area contributed by atoms with Crippen LogP contribution >= 0.6 is 11.6 Å². The third kappa shape index (κ3) is 5.02. The summed E-state index contributed by atoms with van der Waals surface area (Å²) >= 11 is 6.28. The van der Waals surface area contributed by atoms with Gasteiger partial charge in [-0.3, -0.25) is 4.98 Å². The first-order valence-electron chi connectivity index (χ1n) is 10.2. The maximum absolute atomic E-state index is 9.36. The van der Waals surface area contributed by atoms with Gasteiger partial charge < -0.3 is 15.4 Å². The maximum atomic E-state index is 9.36. The Balaban J connectivity index is 1.94. The van der Waals surface area contributed by atoms with Gasteiger partial charge in [-0.15, -0.1) is 0 Å². The molecular weight excluding hydrogens is 396 g/mol. The smallest absolute Gasteiger partial charge is 0.137 e. The van der Waals surface area contributed by atoms with Crippen LogP contribution < -0.4 is 15.4 Å². The fraction of sp³-hybridized carbons (Fsp3) is 0.333. The molecule has 0 aliphatic carbocycles. The van der Waals surface area contributed by atoms with Crippen LogP contribution in [-0.4, -0.2) is 18.1 Å². The molecule has 156 valence electrons. The van der Waals surface area contributed by atoms with E-state index >= 15 is 0 Å². The summed E-state index contributed by atoms with van der Waals surface area (Å²) in [4.78, 5) is 4.61. The Morgan fingerprint density at radius 3 is 2.60 bits per heavy atom. The van der Waals surface area contributed by atoms with E-state index in [1.54, 1.807) is 13.2 Å². The van der Waals surface area contributed by atoms with Gasteiger partial charge in [0.2, 0.25) is 0 Å². The molecule has 0 unspecified atom stereocenters. The van der Waals surface area contributed by atoms with Gasteiger partial charge in [0.1, 0.15) is 5.75 Å². The van der Waals surface area contributed by atoms with Crippen LogP contribution in [0.3, 0.4) is 0 Å². The van der Waals surface area contributed by atoms with Crippen LogP contribution in [0.2, 0.25) is 5.02 Å². The van der Waals surface area contributed by atoms with Gasteiger partial charge in [-0.2, -0.15) is 5.26 Å². The van der Waals surface area contributed by atoms with E-state index in [2.05, 4.69) is 35.5 Å². The lowest BCUT2D eigenvalue weighted by Crippen LogP contribution is -2.27. The molecule has 1 aromatic heterocycles. The highest BCUT2D eigenvalue weighted by Crippen LogP contribution is 2.29. The first kappa shape index (κ1) is 21.9. The molecular formula is C24H27ClN4O. The highest BCUT2D eigenvalue weighted by molar-refractivity contribution is 6.32. The number of nitrogens with one attached hydrogen (secondary N) is 2. The quantitative estimate of drug-likeness (QED) is 0.465. The number of anilines is 1. The summed E-state index contributed by atoms with van der Waals surface area (Å²) in [6.07, 6.45) is 4.06. The summed E-state index contributed by atoms with van der Waals surface area (Å²) in [5, 5.41) is 18.0. The molecule has 0 saturated heterocycles. The number of ether oxygens (including phenoxy) is 1. The summed E-state index contributed by atoms with van der Waals surface area (Å²) in [7, 11) is 1.61. The normalized spacial score (nSPS) is 10.9. The Labute approximate surface area is 183 Å². The predicted octanol–water partition coefficient (Wildman–Crippen LogP) is 5.66. The standard InChI is InChI=1S/C24H27ClN4O/c1-4-19(5-2)27-14-18-15-28-22-8-6-16(12-26)10-20(22)24(18)29-13-17-7-9-23(30-3)21(25)11-17/h6-11,15,19,27H,4-5,13-14H2,1-3H3,(H,28,29). The molecule has 2 N–H and O–H groups in total. The number of hydrogen-bond donors (Lipinski definition) is 2. The maximum Gasteiger partial charge on any atom is 0.137 e. The van der Waals surface area contributed by atoms with Crippen molar-refractivity contribution in [3.63, 3.8) is 0 Å². The zero-order chi connectivity index (χ0) is 21.5. The number of rotatable bonds is 9. The first-order valence-corrected chi connectivity index (χ1v) is 10.6. The molecule has 2 aromatic carbocycles. The predicted molar refractivity (Wildman–Crippen MR) is 123 cm³/mol. The molecule has 3 aromatic rings. The molecule has 0 radical (unpaired) electrons. The Morgan fingerprint density at radius 2 is 1.93 bits per heavy atom. The van der Waals surface area contributed by atoms with Crippen molar-refractivity contribution < 1.29 is 4.74 Å². The highest BCUT2D eigenvalue weighted by Gasteiger charge is 2.12. The molecule has 5 nitrogen and oxygen atoms in total. The zero-order valence-corrected chi connectivity index (χ0v) is 18.4. The van der Waals surface area contributed by atoms with Crippen molar-refractivity contribution in [2.75, 3.05) is 12.4 Å². The lowest BCUT2D eigenvalue weighted by Gasteiger charge is -2.19. The molecule has 0 atom stereocenters. The minimum atomic E-state index is 0.458. The molecule has 3 rings (SSSR count). The average Bonchev–Trinajstić information content (AvgIpc) is 2.78. The fourth-order valence-electron chi connectivity index (χ4n) is 3.49. The van der Waals surface area contributed by atoms with Crippen molar-refractivity contribution in [1.82, 2.24) is 10.3 Å². The lowest BCUT2D eigenvalue weighted by molar-refractivity contribution is 0.415. The minimum absolute atomic E-state index is 0.458. The van der Waals surface area contributed by atoms with Gasteiger partial charge in [0, 0.05) is 42.0 Å². The van der Waals surface area contributed by atoms with Crippen LogP contribution in [0.4, 0.5) is 5.69 Å². The summed E-state index contributed by atoms with van der Waals surface area (Å²) in [5.74, 6) is 0.656. The van der Waals surface area contributed by atoms with E-state index in [0.717, 1.165) is 40.6 Å². The second kappa shape index (κ2) is 10.3. The van der Waals surface area contributed by atoms with E-state index in [0.29, 0.717) is 35.5 Å². The summed E-state index contributed by atoms with van der Waals surface area (Å²) in [6.45, 7) is 5.67. The zero-order valence-electron chi connectivity index (χ0n) is 17.6. The van der Waals surface area contributed by atoms with Crippen molar-refractivity contribution in [2.45, 2.75) is 45.8 Å². The third-order valence-corrected chi connectivity index (χ3v) is 5.62. The van der Waals surface area contributed by atoms with E-state index in [1.807, 2.05) is 36.5 Å². The first-order chi connectivity index (χ1) is 14.6. The Kier molecular flexibility index (Phi) is 7.51. The van der Waals surface area contributed by atoms with Crippen molar-refractivity contribution in [3.05, 3.63) is 64.3 Å². The van der Waals surface area contributed by atoms with E-state index in [1.165, 1.54) is 0 Å². The summed E-state index contributed by atoms with van der Waals surface area (Å²) in [5.41, 5.74) is 4.58. The van der Waals surface area contributed by atoms with Crippen LogP contribution in [0.25, 0.3) is 10.9 Å². The Hall–Kier alpha value is -2.81. The van der Waals surface area contributed by atoms with E-state index in [4.69, 9.17) is 16.3 Å². The molecule has 30 heavy (non-hydrogen) atoms. The van der Waals surface area contributed by atoms with Crippen LogP contribution in [-0.2, 0) is 13.1 Å². The van der Waals surface area contributed by atoms with E-state index < -0.39 is 0 Å². The molecule has 0 aliphatic heterocycles. The fourth-order valence-corrected chi connectivity index (χ4v) is 3.77. The molecule has 1 heterocycles. The molecule has 0 amide bonds. The average molecular weight is 423 g/mol. The molecule has 0 spiro atoms. The van der Waals surface area contributed by atoms with Crippen molar-refractivity contribution >= 4 is 28.2 Å². The Bertz CT molecular complexity index is 1060. The topological polar surface area (TPSA) is 70.0 Å². The van der Waals surface area contributed by atoms with Gasteiger partial charge >= 0.3 is 0 Å². The molecule has 6 heteroatoms. The minimum Gasteiger partial charge on any atom is -0.495 e. The molecule has 0 bridgehead atoms. The van der Waals surface area contributed by atoms with E-state index in [-0.39, 0.29) is 0 Å². The van der Waals surface area contributed by atoms with Crippen molar-refractivity contribution in [1.29, 1.82) is 5.26 Å². The second-order valence-corrected chi connectivity index (χ2v) is 7.63. The number of nitriles is 1. The van der Waals surface area contributed by atoms with Crippen molar-refractivity contribution in [3.8, 4) is 11.8 Å². The van der Waals surface area contributed by atoms with E-state index in [9.17, 15) is 5.26 Å². The summed E-state index contributed by atoms with van der Waals surface area (Å²) in [6, 6.07) is 14.0. The number of methoxy groups -OCH3 is 1. The third-order valence-electron chi connectivity index (χ3n) is 5.33. The van der Waals surface area contributed by atoms with Crippen LogP contribution in [0.5, 0.6) is 5.75 Å². The highest BCUT2D eigenvalue weighted by atomic mass is 35.5. The van der Waals surface area contributed by atoms with Gasteiger partial charge in [-0.25, -0.2) is 0 Å². The number of hydrogen-bond acceptors (Lipinski definition) is 5. The number of pyridine rings is 1. The monoisotopic (exact) mass is 422 g/mol. The van der Waals surface area contributed by atoms with Crippen LogP contribution in [0.1, 0.15) is 43.4 Å². The number of fused-ring (bicyclic) bond motifs is 1. The van der Waals surface area contributed by atoms with Gasteiger partial charge in [0.25, 0.3) is 0 Å². The number of halogens is 1. The van der Waals surface area contributed by atoms with Crippen LogP contribution in [0, 0.1) is 11.3 Å². The van der Waals surface area contributed by atoms with Gasteiger partial charge in [-0.1, -0.05) is 31.5 Å². The number of nitrogens with zero attached hydrogens (tertiary/aromatic N) is 2. The van der Waals surface area contributed by atoms with Crippen molar-refractivity contribution in [2.24, 2.45) is 0 Å². The number of benzene rings is 2. The van der Waals surface area contributed by atoms with Crippen LogP contribution in [0.15, 0.2) is 42.6 Å².